The number of rotatable bonds is 7. The maximum absolute atomic E-state index is 12.5. The van der Waals surface area contributed by atoms with Crippen LogP contribution in [0.3, 0.4) is 0 Å². The van der Waals surface area contributed by atoms with Crippen LogP contribution >= 0.6 is 0 Å². The van der Waals surface area contributed by atoms with E-state index in [1.54, 1.807) is 6.92 Å². The molecule has 1 aromatic carbocycles. The van der Waals surface area contributed by atoms with Gasteiger partial charge in [0.15, 0.2) is 6.10 Å². The number of carbonyl (C=O) groups is 2. The van der Waals surface area contributed by atoms with Crippen LogP contribution in [0.15, 0.2) is 30.3 Å². The fourth-order valence-corrected chi connectivity index (χ4v) is 2.21. The number of ether oxygens (including phenoxy) is 1. The summed E-state index contributed by atoms with van der Waals surface area (Å²) < 4.78 is 5.30. The minimum absolute atomic E-state index is 0.0786. The van der Waals surface area contributed by atoms with Gasteiger partial charge in [0.1, 0.15) is 0 Å². The lowest BCUT2D eigenvalue weighted by atomic mass is 10.1. The van der Waals surface area contributed by atoms with E-state index in [9.17, 15) is 9.59 Å². The predicted molar refractivity (Wildman–Crippen MR) is 75.3 cm³/mol. The molecule has 0 aliphatic carbocycles. The van der Waals surface area contributed by atoms with Gasteiger partial charge in [-0.2, -0.15) is 0 Å². The Morgan fingerprint density at radius 1 is 1.30 bits per heavy atom. The van der Waals surface area contributed by atoms with E-state index in [0.29, 0.717) is 6.54 Å². The highest BCUT2D eigenvalue weighted by molar-refractivity contribution is 5.83. The summed E-state index contributed by atoms with van der Waals surface area (Å²) in [6.07, 6.45) is -0.780. The highest BCUT2D eigenvalue weighted by Crippen LogP contribution is 2.21. The normalized spacial score (nSPS) is 13.6. The van der Waals surface area contributed by atoms with Crippen LogP contribution in [0, 0.1) is 0 Å². The molecule has 5 nitrogen and oxygen atoms in total. The van der Waals surface area contributed by atoms with Crippen LogP contribution in [0.5, 0.6) is 0 Å². The number of hydrogen-bond donors (Lipinski definition) is 1. The average Bonchev–Trinajstić information content (AvgIpc) is 2.40. The molecule has 0 spiro atoms. The monoisotopic (exact) mass is 279 g/mol. The second kappa shape index (κ2) is 7.65. The van der Waals surface area contributed by atoms with Crippen LogP contribution in [0.4, 0.5) is 0 Å². The van der Waals surface area contributed by atoms with Gasteiger partial charge in [-0.25, -0.2) is 0 Å². The van der Waals surface area contributed by atoms with Crippen molar-refractivity contribution in [2.75, 3.05) is 13.7 Å². The number of amides is 1. The molecule has 1 N–H and O–H groups in total. The van der Waals surface area contributed by atoms with E-state index in [0.717, 1.165) is 5.56 Å². The first-order chi connectivity index (χ1) is 9.51. The molecular formula is C15H21NO4. The summed E-state index contributed by atoms with van der Waals surface area (Å²) in [5.41, 5.74) is 0.765. The zero-order valence-corrected chi connectivity index (χ0v) is 12.1. The third kappa shape index (κ3) is 4.06. The second-order valence-electron chi connectivity index (χ2n) is 4.60. The summed E-state index contributed by atoms with van der Waals surface area (Å²) in [6, 6.07) is 8.82. The molecule has 5 heteroatoms. The van der Waals surface area contributed by atoms with Crippen LogP contribution in [0.1, 0.15) is 31.9 Å². The first-order valence-corrected chi connectivity index (χ1v) is 6.61. The standard InChI is InChI=1S/C15H21NO4/c1-4-16(11(2)10-13(17)18)15(19)14(20-3)12-8-6-5-7-9-12/h5-9,11,14H,4,10H2,1-3H3,(H,17,18). The van der Waals surface area contributed by atoms with Gasteiger partial charge in [0.25, 0.3) is 5.91 Å². The average molecular weight is 279 g/mol. The quantitative estimate of drug-likeness (QED) is 0.830. The molecule has 0 saturated heterocycles. The first-order valence-electron chi connectivity index (χ1n) is 6.61. The number of likely N-dealkylation sites (N-methyl/N-ethyl adjacent to an activating group) is 1. The number of carbonyl (C=O) groups excluding carboxylic acids is 1. The predicted octanol–water partition coefficient (Wildman–Crippen LogP) is 2.09. The molecule has 0 heterocycles. The Labute approximate surface area is 119 Å². The molecule has 0 fully saturated rings. The summed E-state index contributed by atoms with van der Waals surface area (Å²) in [4.78, 5) is 24.9. The molecule has 0 aliphatic rings. The SMILES string of the molecule is CCN(C(=O)C(OC)c1ccccc1)C(C)CC(=O)O. The number of carboxylic acid groups (broad SMARTS) is 1. The summed E-state index contributed by atoms with van der Waals surface area (Å²) in [5, 5.41) is 8.85. The molecule has 0 aliphatic heterocycles. The van der Waals surface area contributed by atoms with E-state index < -0.39 is 12.1 Å². The summed E-state index contributed by atoms with van der Waals surface area (Å²) in [5.74, 6) is -1.13. The minimum Gasteiger partial charge on any atom is -0.481 e. The van der Waals surface area contributed by atoms with Crippen molar-refractivity contribution in [2.45, 2.75) is 32.4 Å². The summed E-state index contributed by atoms with van der Waals surface area (Å²) >= 11 is 0. The number of nitrogens with zero attached hydrogens (tertiary/aromatic N) is 1. The topological polar surface area (TPSA) is 66.8 Å². The Hall–Kier alpha value is -1.88. The molecule has 2 atom stereocenters. The van der Waals surface area contributed by atoms with Crippen LogP contribution in [-0.4, -0.2) is 41.6 Å². The van der Waals surface area contributed by atoms with Gasteiger partial charge in [-0.3, -0.25) is 9.59 Å². The van der Waals surface area contributed by atoms with Gasteiger partial charge in [-0.1, -0.05) is 30.3 Å². The number of carboxylic acids is 1. The summed E-state index contributed by atoms with van der Waals surface area (Å²) in [6.45, 7) is 4.00. The van der Waals surface area contributed by atoms with E-state index in [1.165, 1.54) is 12.0 Å². The fraction of sp³-hybridized carbons (Fsp3) is 0.467. The lowest BCUT2D eigenvalue weighted by Crippen LogP contribution is -2.42. The Morgan fingerprint density at radius 2 is 1.90 bits per heavy atom. The Balaban J connectivity index is 2.91. The van der Waals surface area contributed by atoms with E-state index in [-0.39, 0.29) is 18.4 Å². The smallest absolute Gasteiger partial charge is 0.305 e. The van der Waals surface area contributed by atoms with Crippen molar-refractivity contribution in [1.29, 1.82) is 0 Å². The Bertz CT molecular complexity index is 446. The van der Waals surface area contributed by atoms with Gasteiger partial charge in [0.05, 0.1) is 6.42 Å². The van der Waals surface area contributed by atoms with Crippen molar-refractivity contribution in [3.8, 4) is 0 Å². The van der Waals surface area contributed by atoms with Gasteiger partial charge in [-0.05, 0) is 19.4 Å². The third-order valence-corrected chi connectivity index (χ3v) is 3.19. The molecule has 2 unspecified atom stereocenters. The van der Waals surface area contributed by atoms with Gasteiger partial charge in [-0.15, -0.1) is 0 Å². The van der Waals surface area contributed by atoms with Crippen molar-refractivity contribution in [2.24, 2.45) is 0 Å². The zero-order chi connectivity index (χ0) is 15.1. The molecule has 110 valence electrons. The maximum Gasteiger partial charge on any atom is 0.305 e. The highest BCUT2D eigenvalue weighted by atomic mass is 16.5. The van der Waals surface area contributed by atoms with Gasteiger partial charge in [0, 0.05) is 19.7 Å². The van der Waals surface area contributed by atoms with Crippen molar-refractivity contribution in [3.05, 3.63) is 35.9 Å². The lowest BCUT2D eigenvalue weighted by molar-refractivity contribution is -0.146. The van der Waals surface area contributed by atoms with Gasteiger partial charge >= 0.3 is 5.97 Å². The van der Waals surface area contributed by atoms with Crippen LogP contribution in [0.25, 0.3) is 0 Å². The van der Waals surface area contributed by atoms with E-state index in [1.807, 2.05) is 37.3 Å². The largest absolute Gasteiger partial charge is 0.481 e. The van der Waals surface area contributed by atoms with Gasteiger partial charge in [0.2, 0.25) is 0 Å². The van der Waals surface area contributed by atoms with E-state index >= 15 is 0 Å². The number of methoxy groups -OCH3 is 1. The van der Waals surface area contributed by atoms with Crippen LogP contribution < -0.4 is 0 Å². The summed E-state index contributed by atoms with van der Waals surface area (Å²) in [7, 11) is 1.48. The third-order valence-electron chi connectivity index (χ3n) is 3.19. The molecule has 0 bridgehead atoms. The number of hydrogen-bond acceptors (Lipinski definition) is 3. The van der Waals surface area contributed by atoms with E-state index in [4.69, 9.17) is 9.84 Å². The minimum atomic E-state index is -0.919. The lowest BCUT2D eigenvalue weighted by Gasteiger charge is -2.30. The Kier molecular flexibility index (Phi) is 6.18. The molecule has 0 aromatic heterocycles. The molecule has 0 saturated carbocycles. The molecule has 20 heavy (non-hydrogen) atoms. The number of benzene rings is 1. The van der Waals surface area contributed by atoms with Crippen molar-refractivity contribution in [3.63, 3.8) is 0 Å². The van der Waals surface area contributed by atoms with Crippen molar-refractivity contribution >= 4 is 11.9 Å². The van der Waals surface area contributed by atoms with Gasteiger partial charge < -0.3 is 14.7 Å². The van der Waals surface area contributed by atoms with E-state index in [2.05, 4.69) is 0 Å². The molecule has 1 rings (SSSR count). The maximum atomic E-state index is 12.5. The van der Waals surface area contributed by atoms with Crippen molar-refractivity contribution in [1.82, 2.24) is 4.90 Å². The number of aliphatic carboxylic acids is 1. The zero-order valence-electron chi connectivity index (χ0n) is 12.1. The first kappa shape index (κ1) is 16.2. The van der Waals surface area contributed by atoms with Crippen LogP contribution in [-0.2, 0) is 14.3 Å². The molecule has 1 amide bonds. The molecule has 0 radical (unpaired) electrons. The van der Waals surface area contributed by atoms with Crippen molar-refractivity contribution < 1.29 is 19.4 Å². The Morgan fingerprint density at radius 3 is 2.35 bits per heavy atom. The molecular weight excluding hydrogens is 258 g/mol. The van der Waals surface area contributed by atoms with Crippen LogP contribution in [0.2, 0.25) is 0 Å². The second-order valence-corrected chi connectivity index (χ2v) is 4.60. The molecule has 1 aromatic rings. The highest BCUT2D eigenvalue weighted by Gasteiger charge is 2.28. The fourth-order valence-electron chi connectivity index (χ4n) is 2.21.